The SMILES string of the molecule is CCC1CCCCN1c1cc(C)nc(Nc2ccccc2C#N)n1. The van der Waals surface area contributed by atoms with E-state index in [2.05, 4.69) is 34.3 Å². The maximum absolute atomic E-state index is 9.24. The molecule has 1 aliphatic rings. The molecule has 5 heteroatoms. The molecule has 3 rings (SSSR count). The van der Waals surface area contributed by atoms with Crippen LogP contribution in [0.4, 0.5) is 17.5 Å². The second-order valence-corrected chi connectivity index (χ2v) is 6.22. The van der Waals surface area contributed by atoms with E-state index in [4.69, 9.17) is 4.98 Å². The summed E-state index contributed by atoms with van der Waals surface area (Å²) in [6.45, 7) is 5.26. The summed E-state index contributed by atoms with van der Waals surface area (Å²) in [5.74, 6) is 1.53. The van der Waals surface area contributed by atoms with E-state index in [1.807, 2.05) is 25.1 Å². The van der Waals surface area contributed by atoms with E-state index in [1.54, 1.807) is 6.07 Å². The Bertz CT molecular complexity index is 750. The van der Waals surface area contributed by atoms with Gasteiger partial charge in [0, 0.05) is 24.3 Å². The van der Waals surface area contributed by atoms with Crippen LogP contribution < -0.4 is 10.2 Å². The number of nitrogens with one attached hydrogen (secondary N) is 1. The van der Waals surface area contributed by atoms with Crippen molar-refractivity contribution in [2.45, 2.75) is 45.6 Å². The van der Waals surface area contributed by atoms with Crippen LogP contribution in [0.2, 0.25) is 0 Å². The third-order valence-electron chi connectivity index (χ3n) is 4.53. The van der Waals surface area contributed by atoms with Gasteiger partial charge in [-0.3, -0.25) is 0 Å². The minimum Gasteiger partial charge on any atom is -0.353 e. The number of anilines is 3. The normalized spacial score (nSPS) is 17.4. The molecule has 1 saturated heterocycles. The molecule has 5 nitrogen and oxygen atoms in total. The largest absolute Gasteiger partial charge is 0.353 e. The smallest absolute Gasteiger partial charge is 0.229 e. The van der Waals surface area contributed by atoms with Crippen molar-refractivity contribution < 1.29 is 0 Å². The molecule has 1 aliphatic heterocycles. The van der Waals surface area contributed by atoms with Crippen LogP contribution in [0.15, 0.2) is 30.3 Å². The number of nitriles is 1. The number of nitrogens with zero attached hydrogens (tertiary/aromatic N) is 4. The van der Waals surface area contributed by atoms with Gasteiger partial charge >= 0.3 is 0 Å². The molecule has 0 radical (unpaired) electrons. The summed E-state index contributed by atoms with van der Waals surface area (Å²) in [5, 5.41) is 12.4. The van der Waals surface area contributed by atoms with Gasteiger partial charge in [-0.25, -0.2) is 4.98 Å². The van der Waals surface area contributed by atoms with Gasteiger partial charge in [0.25, 0.3) is 0 Å². The van der Waals surface area contributed by atoms with Crippen LogP contribution >= 0.6 is 0 Å². The first-order valence-electron chi connectivity index (χ1n) is 8.59. The molecule has 0 spiro atoms. The van der Waals surface area contributed by atoms with E-state index < -0.39 is 0 Å². The van der Waals surface area contributed by atoms with Crippen molar-refractivity contribution in [3.05, 3.63) is 41.6 Å². The number of aryl methyl sites for hydroxylation is 1. The number of para-hydroxylation sites is 1. The summed E-state index contributed by atoms with van der Waals surface area (Å²) in [4.78, 5) is 11.6. The van der Waals surface area contributed by atoms with Crippen molar-refractivity contribution >= 4 is 17.5 Å². The molecular weight excluding hydrogens is 298 g/mol. The van der Waals surface area contributed by atoms with Gasteiger partial charge in [-0.1, -0.05) is 19.1 Å². The van der Waals surface area contributed by atoms with Gasteiger partial charge in [0.05, 0.1) is 11.3 Å². The standard InChI is InChI=1S/C19H23N5/c1-3-16-9-6-7-11-24(16)18-12-14(2)21-19(23-18)22-17-10-5-4-8-15(17)13-20/h4-5,8,10,12,16H,3,6-7,9,11H2,1-2H3,(H,21,22,23). The van der Waals surface area contributed by atoms with Crippen molar-refractivity contribution in [3.63, 3.8) is 0 Å². The fourth-order valence-electron chi connectivity index (χ4n) is 3.29. The summed E-state index contributed by atoms with van der Waals surface area (Å²) < 4.78 is 0. The monoisotopic (exact) mass is 321 g/mol. The van der Waals surface area contributed by atoms with Crippen molar-refractivity contribution in [2.75, 3.05) is 16.8 Å². The van der Waals surface area contributed by atoms with Gasteiger partial charge in [0.15, 0.2) is 0 Å². The molecule has 0 aliphatic carbocycles. The van der Waals surface area contributed by atoms with Crippen LogP contribution in [-0.4, -0.2) is 22.6 Å². The lowest BCUT2D eigenvalue weighted by Crippen LogP contribution is -2.39. The minimum atomic E-state index is 0.548. The maximum Gasteiger partial charge on any atom is 0.229 e. The van der Waals surface area contributed by atoms with Gasteiger partial charge in [-0.05, 0) is 44.7 Å². The van der Waals surface area contributed by atoms with Crippen molar-refractivity contribution in [3.8, 4) is 6.07 Å². The second kappa shape index (κ2) is 7.31. The van der Waals surface area contributed by atoms with Gasteiger partial charge in [-0.15, -0.1) is 0 Å². The Morgan fingerprint density at radius 1 is 1.29 bits per heavy atom. The van der Waals surface area contributed by atoms with E-state index in [0.29, 0.717) is 17.6 Å². The Kier molecular flexibility index (Phi) is 4.95. The Morgan fingerprint density at radius 3 is 2.92 bits per heavy atom. The van der Waals surface area contributed by atoms with E-state index in [1.165, 1.54) is 19.3 Å². The van der Waals surface area contributed by atoms with Gasteiger partial charge in [0.1, 0.15) is 11.9 Å². The number of hydrogen-bond acceptors (Lipinski definition) is 5. The lowest BCUT2D eigenvalue weighted by atomic mass is 10.00. The first-order chi connectivity index (χ1) is 11.7. The molecule has 1 aromatic carbocycles. The van der Waals surface area contributed by atoms with Gasteiger partial charge < -0.3 is 10.2 Å². The summed E-state index contributed by atoms with van der Waals surface area (Å²) in [6, 6.07) is 12.2. The highest BCUT2D eigenvalue weighted by Crippen LogP contribution is 2.27. The third kappa shape index (κ3) is 3.48. The Balaban J connectivity index is 1.90. The molecule has 24 heavy (non-hydrogen) atoms. The zero-order valence-corrected chi connectivity index (χ0v) is 14.3. The molecule has 124 valence electrons. The zero-order valence-electron chi connectivity index (χ0n) is 14.3. The fourth-order valence-corrected chi connectivity index (χ4v) is 3.29. The van der Waals surface area contributed by atoms with Gasteiger partial charge in [-0.2, -0.15) is 10.2 Å². The molecule has 2 aromatic rings. The van der Waals surface area contributed by atoms with Crippen molar-refractivity contribution in [1.82, 2.24) is 9.97 Å². The summed E-state index contributed by atoms with van der Waals surface area (Å²) >= 11 is 0. The predicted octanol–water partition coefficient (Wildman–Crippen LogP) is 4.17. The zero-order chi connectivity index (χ0) is 16.9. The fraction of sp³-hybridized carbons (Fsp3) is 0.421. The van der Waals surface area contributed by atoms with Crippen LogP contribution in [0.5, 0.6) is 0 Å². The highest BCUT2D eigenvalue weighted by Gasteiger charge is 2.22. The second-order valence-electron chi connectivity index (χ2n) is 6.22. The minimum absolute atomic E-state index is 0.548. The Morgan fingerprint density at radius 2 is 2.12 bits per heavy atom. The van der Waals surface area contributed by atoms with Gasteiger partial charge in [0.2, 0.25) is 5.95 Å². The molecule has 0 bridgehead atoms. The molecule has 1 fully saturated rings. The first kappa shape index (κ1) is 16.3. The summed E-state index contributed by atoms with van der Waals surface area (Å²) in [7, 11) is 0. The number of aromatic nitrogens is 2. The lowest BCUT2D eigenvalue weighted by molar-refractivity contribution is 0.446. The van der Waals surface area contributed by atoms with E-state index in [9.17, 15) is 5.26 Å². The topological polar surface area (TPSA) is 64.8 Å². The molecule has 0 amide bonds. The Labute approximate surface area is 143 Å². The highest BCUT2D eigenvalue weighted by atomic mass is 15.2. The number of rotatable bonds is 4. The lowest BCUT2D eigenvalue weighted by Gasteiger charge is -2.36. The molecule has 1 N–H and O–H groups in total. The van der Waals surface area contributed by atoms with Crippen LogP contribution in [0.25, 0.3) is 0 Å². The predicted molar refractivity (Wildman–Crippen MR) is 96.5 cm³/mol. The Hall–Kier alpha value is -2.61. The van der Waals surface area contributed by atoms with Crippen molar-refractivity contribution in [2.24, 2.45) is 0 Å². The quantitative estimate of drug-likeness (QED) is 0.915. The molecular formula is C19H23N5. The van der Waals surface area contributed by atoms with E-state index in [0.717, 1.165) is 30.2 Å². The summed E-state index contributed by atoms with van der Waals surface area (Å²) in [5.41, 5.74) is 2.26. The average Bonchev–Trinajstić information content (AvgIpc) is 2.61. The molecule has 1 unspecified atom stereocenters. The van der Waals surface area contributed by atoms with E-state index >= 15 is 0 Å². The van der Waals surface area contributed by atoms with Crippen LogP contribution in [0, 0.1) is 18.3 Å². The first-order valence-corrected chi connectivity index (χ1v) is 8.59. The number of benzene rings is 1. The maximum atomic E-state index is 9.24. The third-order valence-corrected chi connectivity index (χ3v) is 4.53. The molecule has 1 atom stereocenters. The van der Waals surface area contributed by atoms with Crippen LogP contribution in [0.3, 0.4) is 0 Å². The highest BCUT2D eigenvalue weighted by molar-refractivity contribution is 5.63. The number of hydrogen-bond donors (Lipinski definition) is 1. The molecule has 0 saturated carbocycles. The van der Waals surface area contributed by atoms with Crippen LogP contribution in [-0.2, 0) is 0 Å². The van der Waals surface area contributed by atoms with Crippen LogP contribution in [0.1, 0.15) is 43.9 Å². The molecule has 1 aromatic heterocycles. The molecule has 2 heterocycles. The van der Waals surface area contributed by atoms with Crippen molar-refractivity contribution in [1.29, 1.82) is 5.26 Å². The summed E-state index contributed by atoms with van der Waals surface area (Å²) in [6.07, 6.45) is 4.85. The number of piperidine rings is 1. The average molecular weight is 321 g/mol. The van der Waals surface area contributed by atoms with E-state index in [-0.39, 0.29) is 0 Å².